The third kappa shape index (κ3) is 2.21. The van der Waals surface area contributed by atoms with Gasteiger partial charge in [0.05, 0.1) is 5.66 Å². The molecular formula is C17H26N2. The molecule has 1 N–H and O–H groups in total. The molecule has 1 atom stereocenters. The zero-order valence-corrected chi connectivity index (χ0v) is 12.5. The smallest absolute Gasteiger partial charge is 0.0975 e. The highest BCUT2D eigenvalue weighted by Crippen LogP contribution is 2.38. The Morgan fingerprint density at radius 1 is 1.05 bits per heavy atom. The molecule has 0 aromatic heterocycles. The van der Waals surface area contributed by atoms with Crippen molar-refractivity contribution in [2.75, 3.05) is 19.6 Å². The Hall–Kier alpha value is -0.860. The number of benzene rings is 1. The van der Waals surface area contributed by atoms with Crippen molar-refractivity contribution in [1.29, 1.82) is 0 Å². The van der Waals surface area contributed by atoms with Crippen molar-refractivity contribution in [2.45, 2.75) is 51.1 Å². The molecule has 2 aliphatic heterocycles. The van der Waals surface area contributed by atoms with Crippen molar-refractivity contribution < 1.29 is 0 Å². The Morgan fingerprint density at radius 2 is 1.74 bits per heavy atom. The van der Waals surface area contributed by atoms with E-state index in [4.69, 9.17) is 0 Å². The summed E-state index contributed by atoms with van der Waals surface area (Å²) in [5.41, 5.74) is 3.26. The van der Waals surface area contributed by atoms with Gasteiger partial charge in [-0.1, -0.05) is 45.0 Å². The van der Waals surface area contributed by atoms with Gasteiger partial charge < -0.3 is 0 Å². The molecular weight excluding hydrogens is 232 g/mol. The summed E-state index contributed by atoms with van der Waals surface area (Å²) in [5, 5.41) is 3.79. The van der Waals surface area contributed by atoms with Gasteiger partial charge in [0, 0.05) is 13.1 Å². The number of hydrogen-bond acceptors (Lipinski definition) is 2. The van der Waals surface area contributed by atoms with Gasteiger partial charge in [0.15, 0.2) is 0 Å². The zero-order chi connectivity index (χ0) is 13.5. The van der Waals surface area contributed by atoms with Crippen LogP contribution in [0, 0.1) is 0 Å². The molecule has 2 fully saturated rings. The lowest BCUT2D eigenvalue weighted by Gasteiger charge is -2.44. The Labute approximate surface area is 117 Å². The highest BCUT2D eigenvalue weighted by Gasteiger charge is 2.43. The Morgan fingerprint density at radius 3 is 2.42 bits per heavy atom. The molecule has 0 unspecified atom stereocenters. The summed E-state index contributed by atoms with van der Waals surface area (Å²) in [6.45, 7) is 10.5. The van der Waals surface area contributed by atoms with Crippen molar-refractivity contribution in [3.63, 3.8) is 0 Å². The van der Waals surface area contributed by atoms with E-state index in [9.17, 15) is 0 Å². The number of nitrogens with zero attached hydrogens (tertiary/aromatic N) is 1. The minimum atomic E-state index is 0.134. The van der Waals surface area contributed by atoms with Crippen LogP contribution in [-0.2, 0) is 11.1 Å². The van der Waals surface area contributed by atoms with Crippen molar-refractivity contribution >= 4 is 0 Å². The van der Waals surface area contributed by atoms with E-state index in [0.29, 0.717) is 0 Å². The van der Waals surface area contributed by atoms with Crippen molar-refractivity contribution in [1.82, 2.24) is 10.2 Å². The molecule has 2 saturated heterocycles. The van der Waals surface area contributed by atoms with Crippen LogP contribution in [0.15, 0.2) is 24.3 Å². The monoisotopic (exact) mass is 258 g/mol. The average molecular weight is 258 g/mol. The zero-order valence-electron chi connectivity index (χ0n) is 12.5. The van der Waals surface area contributed by atoms with Crippen LogP contribution in [0.2, 0.25) is 0 Å². The molecule has 0 spiro atoms. The van der Waals surface area contributed by atoms with Crippen molar-refractivity contribution in [3.05, 3.63) is 35.4 Å². The number of fused-ring (bicyclic) bond motifs is 1. The lowest BCUT2D eigenvalue weighted by molar-refractivity contribution is 0.0656. The van der Waals surface area contributed by atoms with Crippen molar-refractivity contribution in [2.24, 2.45) is 0 Å². The van der Waals surface area contributed by atoms with Crippen LogP contribution < -0.4 is 5.32 Å². The Bertz CT molecular complexity index is 443. The van der Waals surface area contributed by atoms with Crippen LogP contribution in [0.1, 0.15) is 51.2 Å². The fourth-order valence-electron chi connectivity index (χ4n) is 3.62. The third-order valence-electron chi connectivity index (χ3n) is 4.76. The van der Waals surface area contributed by atoms with Crippen LogP contribution in [0.4, 0.5) is 0 Å². The fourth-order valence-corrected chi connectivity index (χ4v) is 3.62. The molecule has 0 saturated carbocycles. The lowest BCUT2D eigenvalue weighted by Crippen LogP contribution is -2.56. The first kappa shape index (κ1) is 13.1. The van der Waals surface area contributed by atoms with Gasteiger partial charge >= 0.3 is 0 Å². The van der Waals surface area contributed by atoms with Crippen LogP contribution in [0.3, 0.4) is 0 Å². The molecule has 0 radical (unpaired) electrons. The van der Waals surface area contributed by atoms with Crippen LogP contribution in [0.5, 0.6) is 0 Å². The van der Waals surface area contributed by atoms with E-state index in [1.54, 1.807) is 0 Å². The molecule has 1 aromatic carbocycles. The van der Waals surface area contributed by atoms with E-state index in [1.165, 1.54) is 43.5 Å². The standard InChI is InChI=1S/C17H26N2/c1-16(2,3)14-6-8-15(9-7-14)17-10-4-12-19(17)13-5-11-18-17/h6-9,18H,4-5,10-13H2,1-3H3/t17-/m1/s1. The lowest BCUT2D eigenvalue weighted by atomic mass is 9.85. The normalized spacial score (nSPS) is 28.4. The molecule has 2 heterocycles. The molecule has 0 bridgehead atoms. The van der Waals surface area contributed by atoms with Crippen LogP contribution >= 0.6 is 0 Å². The second-order valence-corrected chi connectivity index (χ2v) is 7.06. The summed E-state index contributed by atoms with van der Waals surface area (Å²) < 4.78 is 0. The molecule has 0 aliphatic carbocycles. The van der Waals surface area contributed by atoms with Gasteiger partial charge in [-0.3, -0.25) is 10.2 Å². The highest BCUT2D eigenvalue weighted by atomic mass is 15.4. The fraction of sp³-hybridized carbons (Fsp3) is 0.647. The maximum absolute atomic E-state index is 3.79. The van der Waals surface area contributed by atoms with E-state index in [2.05, 4.69) is 55.3 Å². The number of nitrogens with one attached hydrogen (secondary N) is 1. The SMILES string of the molecule is CC(C)(C)c1ccc([C@@]23CCCN2CCCN3)cc1. The van der Waals surface area contributed by atoms with E-state index in [1.807, 2.05) is 0 Å². The van der Waals surface area contributed by atoms with Gasteiger partial charge in [-0.2, -0.15) is 0 Å². The van der Waals surface area contributed by atoms with Gasteiger partial charge in [-0.25, -0.2) is 0 Å². The number of rotatable bonds is 1. The van der Waals surface area contributed by atoms with Gasteiger partial charge in [-0.05, 0) is 42.3 Å². The average Bonchev–Trinajstić information content (AvgIpc) is 2.83. The predicted octanol–water partition coefficient (Wildman–Crippen LogP) is 3.23. The molecule has 3 rings (SSSR count). The molecule has 2 heteroatoms. The van der Waals surface area contributed by atoms with E-state index >= 15 is 0 Å². The first-order chi connectivity index (χ1) is 9.02. The van der Waals surface area contributed by atoms with Gasteiger partial charge in [-0.15, -0.1) is 0 Å². The first-order valence-electron chi connectivity index (χ1n) is 7.63. The van der Waals surface area contributed by atoms with E-state index in [-0.39, 0.29) is 11.1 Å². The molecule has 1 aromatic rings. The van der Waals surface area contributed by atoms with E-state index in [0.717, 1.165) is 6.54 Å². The summed E-state index contributed by atoms with van der Waals surface area (Å²) in [6, 6.07) is 9.32. The van der Waals surface area contributed by atoms with Gasteiger partial charge in [0.25, 0.3) is 0 Å². The minimum Gasteiger partial charge on any atom is -0.295 e. The second-order valence-electron chi connectivity index (χ2n) is 7.06. The van der Waals surface area contributed by atoms with Crippen molar-refractivity contribution in [3.8, 4) is 0 Å². The summed E-state index contributed by atoms with van der Waals surface area (Å²) >= 11 is 0. The maximum Gasteiger partial charge on any atom is 0.0975 e. The van der Waals surface area contributed by atoms with Crippen LogP contribution in [0.25, 0.3) is 0 Å². The largest absolute Gasteiger partial charge is 0.295 e. The Kier molecular flexibility index (Phi) is 3.18. The third-order valence-corrected chi connectivity index (χ3v) is 4.76. The summed E-state index contributed by atoms with van der Waals surface area (Å²) in [6.07, 6.45) is 3.84. The molecule has 0 amide bonds. The van der Waals surface area contributed by atoms with E-state index < -0.39 is 0 Å². The van der Waals surface area contributed by atoms with Gasteiger partial charge in [0.1, 0.15) is 0 Å². The molecule has 104 valence electrons. The molecule has 19 heavy (non-hydrogen) atoms. The van der Waals surface area contributed by atoms with Gasteiger partial charge in [0.2, 0.25) is 0 Å². The summed E-state index contributed by atoms with van der Waals surface area (Å²) in [7, 11) is 0. The minimum absolute atomic E-state index is 0.134. The molecule has 2 nitrogen and oxygen atoms in total. The topological polar surface area (TPSA) is 15.3 Å². The first-order valence-corrected chi connectivity index (χ1v) is 7.63. The highest BCUT2D eigenvalue weighted by molar-refractivity contribution is 5.32. The maximum atomic E-state index is 3.79. The predicted molar refractivity (Wildman–Crippen MR) is 80.2 cm³/mol. The molecule has 2 aliphatic rings. The summed E-state index contributed by atoms with van der Waals surface area (Å²) in [5.74, 6) is 0. The number of hydrogen-bond donors (Lipinski definition) is 1. The van der Waals surface area contributed by atoms with Crippen LogP contribution in [-0.4, -0.2) is 24.5 Å². The second kappa shape index (κ2) is 4.60. The quantitative estimate of drug-likeness (QED) is 0.832. The summed E-state index contributed by atoms with van der Waals surface area (Å²) in [4.78, 5) is 2.64. The Balaban J connectivity index is 1.93.